The van der Waals surface area contributed by atoms with Crippen molar-refractivity contribution in [3.63, 3.8) is 0 Å². The number of rotatable bonds is 4. The van der Waals surface area contributed by atoms with Crippen LogP contribution < -0.4 is 0 Å². The zero-order chi connectivity index (χ0) is 13.0. The van der Waals surface area contributed by atoms with Crippen LogP contribution in [0.2, 0.25) is 0 Å². The lowest BCUT2D eigenvalue weighted by Crippen LogP contribution is -2.14. The van der Waals surface area contributed by atoms with Gasteiger partial charge in [0.05, 0.1) is 0 Å². The maximum atomic E-state index is 12.3. The largest absolute Gasteiger partial charge is 0.302 e. The molecular weight excluding hydrogens is 224 g/mol. The molecule has 0 spiro atoms. The van der Waals surface area contributed by atoms with Crippen LogP contribution in [0, 0.1) is 6.92 Å². The van der Waals surface area contributed by atoms with Crippen molar-refractivity contribution < 1.29 is 9.59 Å². The van der Waals surface area contributed by atoms with E-state index in [1.807, 2.05) is 37.3 Å². The summed E-state index contributed by atoms with van der Waals surface area (Å²) in [6.07, 6.45) is 0.706. The number of carbonyl (C=O) groups excluding carboxylic acids is 2. The fraction of sp³-hybridized carbons (Fsp3) is 0.125. The molecule has 1 atom stereocenters. The normalized spacial score (nSPS) is 11.8. The van der Waals surface area contributed by atoms with E-state index in [1.165, 1.54) is 0 Å². The first kappa shape index (κ1) is 12.2. The van der Waals surface area contributed by atoms with E-state index in [9.17, 15) is 9.59 Å². The topological polar surface area (TPSA) is 34.1 Å². The molecule has 0 amide bonds. The number of benzene rings is 2. The molecule has 0 fully saturated rings. The molecule has 0 aliphatic rings. The quantitative estimate of drug-likeness (QED) is 0.466. The monoisotopic (exact) mass is 238 g/mol. The van der Waals surface area contributed by atoms with Gasteiger partial charge in [0.2, 0.25) is 0 Å². The number of carbonyl (C=O) groups is 2. The van der Waals surface area contributed by atoms with E-state index in [4.69, 9.17) is 0 Å². The number of hydrogen-bond donors (Lipinski definition) is 0. The van der Waals surface area contributed by atoms with E-state index >= 15 is 0 Å². The van der Waals surface area contributed by atoms with E-state index in [-0.39, 0.29) is 5.78 Å². The number of ketones is 1. The molecule has 0 saturated carbocycles. The Morgan fingerprint density at radius 3 is 2.17 bits per heavy atom. The highest BCUT2D eigenvalue weighted by Crippen LogP contribution is 2.19. The fourth-order valence-corrected chi connectivity index (χ4v) is 1.85. The minimum Gasteiger partial charge on any atom is -0.302 e. The van der Waals surface area contributed by atoms with Gasteiger partial charge < -0.3 is 4.79 Å². The van der Waals surface area contributed by atoms with E-state index < -0.39 is 5.92 Å². The standard InChI is InChI=1S/C16H14O2/c1-12-7-9-14(10-8-12)16(18)15(11-17)13-5-3-2-4-6-13/h2-11,15H,1H3. The molecule has 1 unspecified atom stereocenters. The minimum atomic E-state index is -0.714. The third kappa shape index (κ3) is 2.54. The smallest absolute Gasteiger partial charge is 0.177 e. The maximum Gasteiger partial charge on any atom is 0.177 e. The Bertz CT molecular complexity index is 541. The van der Waals surface area contributed by atoms with Gasteiger partial charge in [-0.1, -0.05) is 60.2 Å². The molecule has 0 heterocycles. The zero-order valence-corrected chi connectivity index (χ0v) is 10.2. The van der Waals surface area contributed by atoms with Crippen molar-refractivity contribution in [1.82, 2.24) is 0 Å². The highest BCUT2D eigenvalue weighted by molar-refractivity contribution is 6.09. The number of aryl methyl sites for hydroxylation is 1. The average Bonchev–Trinajstić information content (AvgIpc) is 2.41. The second-order valence-electron chi connectivity index (χ2n) is 4.25. The molecule has 18 heavy (non-hydrogen) atoms. The summed E-state index contributed by atoms with van der Waals surface area (Å²) in [5, 5.41) is 0. The lowest BCUT2D eigenvalue weighted by molar-refractivity contribution is -0.108. The first-order valence-corrected chi connectivity index (χ1v) is 5.83. The molecule has 0 bridgehead atoms. The third-order valence-electron chi connectivity index (χ3n) is 2.91. The highest BCUT2D eigenvalue weighted by Gasteiger charge is 2.20. The van der Waals surface area contributed by atoms with Crippen LogP contribution in [-0.4, -0.2) is 12.1 Å². The Balaban J connectivity index is 2.31. The molecule has 0 aromatic heterocycles. The van der Waals surface area contributed by atoms with Crippen LogP contribution in [0.1, 0.15) is 27.4 Å². The summed E-state index contributed by atoms with van der Waals surface area (Å²) in [5.41, 5.74) is 2.40. The van der Waals surface area contributed by atoms with Gasteiger partial charge in [-0.2, -0.15) is 0 Å². The van der Waals surface area contributed by atoms with Crippen LogP contribution in [-0.2, 0) is 4.79 Å². The van der Waals surface area contributed by atoms with Crippen LogP contribution in [0.15, 0.2) is 54.6 Å². The van der Waals surface area contributed by atoms with Crippen molar-refractivity contribution >= 4 is 12.1 Å². The summed E-state index contributed by atoms with van der Waals surface area (Å²) in [6, 6.07) is 16.4. The van der Waals surface area contributed by atoms with Crippen LogP contribution in [0.4, 0.5) is 0 Å². The van der Waals surface area contributed by atoms with Gasteiger partial charge in [-0.15, -0.1) is 0 Å². The molecule has 0 aliphatic carbocycles. The number of Topliss-reactive ketones (excluding diaryl/α,β-unsaturated/α-hetero) is 1. The lowest BCUT2D eigenvalue weighted by Gasteiger charge is -2.09. The van der Waals surface area contributed by atoms with E-state index in [0.29, 0.717) is 11.8 Å². The lowest BCUT2D eigenvalue weighted by atomic mass is 9.91. The van der Waals surface area contributed by atoms with E-state index in [0.717, 1.165) is 11.1 Å². The van der Waals surface area contributed by atoms with Crippen LogP contribution in [0.25, 0.3) is 0 Å². The Morgan fingerprint density at radius 1 is 1.00 bits per heavy atom. The SMILES string of the molecule is Cc1ccc(C(=O)C(C=O)c2ccccc2)cc1. The van der Waals surface area contributed by atoms with E-state index in [2.05, 4.69) is 0 Å². The summed E-state index contributed by atoms with van der Waals surface area (Å²) in [5.74, 6) is -0.870. The van der Waals surface area contributed by atoms with Crippen LogP contribution in [0.5, 0.6) is 0 Å². The molecule has 2 heteroatoms. The van der Waals surface area contributed by atoms with Crippen molar-refractivity contribution in [1.29, 1.82) is 0 Å². The summed E-state index contributed by atoms with van der Waals surface area (Å²) in [4.78, 5) is 23.4. The van der Waals surface area contributed by atoms with Crippen molar-refractivity contribution in [2.45, 2.75) is 12.8 Å². The summed E-state index contributed by atoms with van der Waals surface area (Å²) in [6.45, 7) is 1.96. The van der Waals surface area contributed by atoms with Crippen molar-refractivity contribution in [2.75, 3.05) is 0 Å². The molecule has 0 radical (unpaired) electrons. The average molecular weight is 238 g/mol. The highest BCUT2D eigenvalue weighted by atomic mass is 16.1. The summed E-state index contributed by atoms with van der Waals surface area (Å²) >= 11 is 0. The van der Waals surface area contributed by atoms with Crippen LogP contribution in [0.3, 0.4) is 0 Å². The summed E-state index contributed by atoms with van der Waals surface area (Å²) < 4.78 is 0. The second kappa shape index (κ2) is 5.41. The number of hydrogen-bond acceptors (Lipinski definition) is 2. The molecule has 2 aromatic carbocycles. The Labute approximate surface area is 106 Å². The van der Waals surface area contributed by atoms with Crippen LogP contribution >= 0.6 is 0 Å². The zero-order valence-electron chi connectivity index (χ0n) is 10.2. The molecular formula is C16H14O2. The molecule has 2 aromatic rings. The summed E-state index contributed by atoms with van der Waals surface area (Å²) in [7, 11) is 0. The van der Waals surface area contributed by atoms with Crippen molar-refractivity contribution in [3.8, 4) is 0 Å². The van der Waals surface area contributed by atoms with Gasteiger partial charge in [0.15, 0.2) is 5.78 Å². The Hall–Kier alpha value is -2.22. The molecule has 0 saturated heterocycles. The molecule has 2 rings (SSSR count). The Morgan fingerprint density at radius 2 is 1.61 bits per heavy atom. The first-order chi connectivity index (χ1) is 8.72. The van der Waals surface area contributed by atoms with Gasteiger partial charge in [-0.05, 0) is 12.5 Å². The molecule has 0 N–H and O–H groups in total. The van der Waals surface area contributed by atoms with Gasteiger partial charge in [0.1, 0.15) is 12.2 Å². The van der Waals surface area contributed by atoms with Gasteiger partial charge in [0.25, 0.3) is 0 Å². The first-order valence-electron chi connectivity index (χ1n) is 5.83. The van der Waals surface area contributed by atoms with Gasteiger partial charge in [-0.3, -0.25) is 4.79 Å². The van der Waals surface area contributed by atoms with Crippen molar-refractivity contribution in [3.05, 3.63) is 71.3 Å². The predicted molar refractivity (Wildman–Crippen MR) is 70.8 cm³/mol. The van der Waals surface area contributed by atoms with Gasteiger partial charge >= 0.3 is 0 Å². The fourth-order valence-electron chi connectivity index (χ4n) is 1.85. The number of aldehydes is 1. The maximum absolute atomic E-state index is 12.3. The van der Waals surface area contributed by atoms with Crippen molar-refractivity contribution in [2.24, 2.45) is 0 Å². The second-order valence-corrected chi connectivity index (χ2v) is 4.25. The predicted octanol–water partition coefficient (Wildman–Crippen LogP) is 3.16. The van der Waals surface area contributed by atoms with Gasteiger partial charge in [-0.25, -0.2) is 0 Å². The molecule has 90 valence electrons. The van der Waals surface area contributed by atoms with Gasteiger partial charge in [0, 0.05) is 5.56 Å². The van der Waals surface area contributed by atoms with E-state index in [1.54, 1.807) is 24.3 Å². The minimum absolute atomic E-state index is 0.156. The Kier molecular flexibility index (Phi) is 3.68. The molecule has 0 aliphatic heterocycles. The third-order valence-corrected chi connectivity index (χ3v) is 2.91. The molecule has 2 nitrogen and oxygen atoms in total.